The lowest BCUT2D eigenvalue weighted by Gasteiger charge is -2.18. The van der Waals surface area contributed by atoms with E-state index in [4.69, 9.17) is 9.47 Å². The summed E-state index contributed by atoms with van der Waals surface area (Å²) in [6.07, 6.45) is 0. The molecule has 0 atom stereocenters. The van der Waals surface area contributed by atoms with Crippen molar-refractivity contribution in [3.05, 3.63) is 90.3 Å². The first-order valence-corrected chi connectivity index (χ1v) is 10.1. The summed E-state index contributed by atoms with van der Waals surface area (Å²) < 4.78 is 12.4. The second-order valence-electron chi connectivity index (χ2n) is 7.21. The third kappa shape index (κ3) is 4.32. The van der Waals surface area contributed by atoms with E-state index in [1.54, 1.807) is 36.9 Å². The van der Waals surface area contributed by atoms with Crippen molar-refractivity contribution in [2.24, 2.45) is 0 Å². The zero-order valence-corrected chi connectivity index (χ0v) is 18.2. The lowest BCUT2D eigenvalue weighted by molar-refractivity contribution is 0.0772. The summed E-state index contributed by atoms with van der Waals surface area (Å²) in [6.45, 7) is 0.340. The number of hydrogen-bond donors (Lipinski definition) is 0. The molecule has 0 aliphatic heterocycles. The third-order valence-electron chi connectivity index (χ3n) is 5.08. The van der Waals surface area contributed by atoms with Crippen LogP contribution >= 0.6 is 0 Å². The van der Waals surface area contributed by atoms with Crippen molar-refractivity contribution >= 4 is 5.91 Å². The van der Waals surface area contributed by atoms with E-state index in [9.17, 15) is 4.79 Å². The zero-order chi connectivity index (χ0) is 22.5. The van der Waals surface area contributed by atoms with Crippen LogP contribution in [0, 0.1) is 0 Å². The van der Waals surface area contributed by atoms with E-state index in [-0.39, 0.29) is 11.7 Å². The van der Waals surface area contributed by atoms with E-state index >= 15 is 0 Å². The number of nitrogens with zero attached hydrogens (tertiary/aromatic N) is 4. The molecular formula is C25H24N4O3. The van der Waals surface area contributed by atoms with E-state index in [0.29, 0.717) is 23.9 Å². The predicted octanol–water partition coefficient (Wildman–Crippen LogP) is 4.22. The third-order valence-corrected chi connectivity index (χ3v) is 5.08. The Morgan fingerprint density at radius 3 is 2.28 bits per heavy atom. The Morgan fingerprint density at radius 2 is 1.62 bits per heavy atom. The fourth-order valence-electron chi connectivity index (χ4n) is 3.41. The van der Waals surface area contributed by atoms with Crippen molar-refractivity contribution < 1.29 is 14.3 Å². The molecular weight excluding hydrogens is 404 g/mol. The molecule has 0 N–H and O–H groups in total. The maximum absolute atomic E-state index is 13.2. The fourth-order valence-corrected chi connectivity index (χ4v) is 3.41. The number of ether oxygens (including phenoxy) is 2. The van der Waals surface area contributed by atoms with Gasteiger partial charge in [0.25, 0.3) is 5.91 Å². The molecule has 0 spiro atoms. The standard InChI is InChI=1S/C25H24N4O3/c1-28(17-19-14-15-21(31-2)16-22(19)32-3)25(30)23-26-24(18-10-6-4-7-11-18)29(27-23)20-12-8-5-9-13-20/h4-16H,17H2,1-3H3. The van der Waals surface area contributed by atoms with Crippen molar-refractivity contribution in [3.63, 3.8) is 0 Å². The Kier molecular flexibility index (Phi) is 6.17. The number of methoxy groups -OCH3 is 2. The van der Waals surface area contributed by atoms with Gasteiger partial charge in [-0.05, 0) is 24.3 Å². The van der Waals surface area contributed by atoms with Crippen LogP contribution in [0.2, 0.25) is 0 Å². The molecule has 0 fully saturated rings. The molecule has 0 bridgehead atoms. The molecule has 4 aromatic rings. The summed E-state index contributed by atoms with van der Waals surface area (Å²) in [5.41, 5.74) is 2.56. The molecule has 7 heteroatoms. The molecule has 0 saturated carbocycles. The summed E-state index contributed by atoms with van der Waals surface area (Å²) in [4.78, 5) is 19.4. The van der Waals surface area contributed by atoms with Gasteiger partial charge in [0.05, 0.1) is 19.9 Å². The van der Waals surface area contributed by atoms with Crippen LogP contribution in [-0.4, -0.2) is 46.8 Å². The monoisotopic (exact) mass is 428 g/mol. The average molecular weight is 428 g/mol. The summed E-state index contributed by atoms with van der Waals surface area (Å²) in [5, 5.41) is 4.55. The van der Waals surface area contributed by atoms with Gasteiger partial charge in [-0.25, -0.2) is 9.67 Å². The highest BCUT2D eigenvalue weighted by molar-refractivity contribution is 5.91. The van der Waals surface area contributed by atoms with E-state index in [0.717, 1.165) is 16.8 Å². The van der Waals surface area contributed by atoms with E-state index in [1.807, 2.05) is 72.8 Å². The normalized spacial score (nSPS) is 10.6. The second kappa shape index (κ2) is 9.34. The fraction of sp³-hybridized carbons (Fsp3) is 0.160. The molecule has 1 aromatic heterocycles. The Bertz CT molecular complexity index is 1150. The molecule has 3 aromatic carbocycles. The number of benzene rings is 3. The van der Waals surface area contributed by atoms with Crippen LogP contribution in [0.4, 0.5) is 0 Å². The summed E-state index contributed by atoms with van der Waals surface area (Å²) in [6, 6.07) is 24.9. The number of aromatic nitrogens is 3. The number of rotatable bonds is 7. The van der Waals surface area contributed by atoms with Gasteiger partial charge in [-0.1, -0.05) is 48.5 Å². The second-order valence-corrected chi connectivity index (χ2v) is 7.21. The summed E-state index contributed by atoms with van der Waals surface area (Å²) in [5.74, 6) is 1.79. The van der Waals surface area contributed by atoms with Crippen molar-refractivity contribution in [1.29, 1.82) is 0 Å². The highest BCUT2D eigenvalue weighted by Gasteiger charge is 2.22. The van der Waals surface area contributed by atoms with E-state index < -0.39 is 0 Å². The number of amides is 1. The molecule has 0 unspecified atom stereocenters. The van der Waals surface area contributed by atoms with Gasteiger partial charge in [0, 0.05) is 30.8 Å². The molecule has 162 valence electrons. The highest BCUT2D eigenvalue weighted by Crippen LogP contribution is 2.26. The summed E-state index contributed by atoms with van der Waals surface area (Å²) >= 11 is 0. The molecule has 0 radical (unpaired) electrons. The molecule has 1 amide bonds. The minimum absolute atomic E-state index is 0.127. The quantitative estimate of drug-likeness (QED) is 0.441. The molecule has 0 saturated heterocycles. The smallest absolute Gasteiger partial charge is 0.293 e. The van der Waals surface area contributed by atoms with Crippen molar-refractivity contribution in [2.45, 2.75) is 6.54 Å². The first-order chi connectivity index (χ1) is 15.6. The maximum Gasteiger partial charge on any atom is 0.293 e. The van der Waals surface area contributed by atoms with Gasteiger partial charge < -0.3 is 14.4 Å². The Morgan fingerprint density at radius 1 is 0.938 bits per heavy atom. The van der Waals surface area contributed by atoms with Crippen molar-refractivity contribution in [2.75, 3.05) is 21.3 Å². The number of carbonyl (C=O) groups excluding carboxylic acids is 1. The van der Waals surface area contributed by atoms with Crippen LogP contribution in [-0.2, 0) is 6.54 Å². The SMILES string of the molecule is COc1ccc(CN(C)C(=O)c2nc(-c3ccccc3)n(-c3ccccc3)n2)c(OC)c1. The number of para-hydroxylation sites is 1. The summed E-state index contributed by atoms with van der Waals surface area (Å²) in [7, 11) is 4.91. The van der Waals surface area contributed by atoms with Gasteiger partial charge in [-0.3, -0.25) is 4.79 Å². The van der Waals surface area contributed by atoms with E-state index in [2.05, 4.69) is 10.1 Å². The van der Waals surface area contributed by atoms with E-state index in [1.165, 1.54) is 0 Å². The largest absolute Gasteiger partial charge is 0.497 e. The Labute approximate surface area is 186 Å². The van der Waals surface area contributed by atoms with Gasteiger partial charge in [0.2, 0.25) is 5.82 Å². The average Bonchev–Trinajstić information content (AvgIpc) is 3.30. The van der Waals surface area contributed by atoms with Gasteiger partial charge in [-0.2, -0.15) is 0 Å². The molecule has 32 heavy (non-hydrogen) atoms. The van der Waals surface area contributed by atoms with Crippen LogP contribution in [0.15, 0.2) is 78.9 Å². The molecule has 0 aliphatic rings. The molecule has 0 aliphatic carbocycles. The minimum Gasteiger partial charge on any atom is -0.497 e. The van der Waals surface area contributed by atoms with Crippen LogP contribution in [0.5, 0.6) is 11.5 Å². The number of carbonyl (C=O) groups is 1. The predicted molar refractivity (Wildman–Crippen MR) is 122 cm³/mol. The van der Waals surface area contributed by atoms with Gasteiger partial charge in [-0.15, -0.1) is 5.10 Å². The van der Waals surface area contributed by atoms with Crippen molar-refractivity contribution in [3.8, 4) is 28.6 Å². The van der Waals surface area contributed by atoms with Crippen LogP contribution < -0.4 is 9.47 Å². The first-order valence-electron chi connectivity index (χ1n) is 10.1. The molecule has 7 nitrogen and oxygen atoms in total. The molecule has 4 rings (SSSR count). The Hall–Kier alpha value is -4.13. The van der Waals surface area contributed by atoms with Gasteiger partial charge >= 0.3 is 0 Å². The van der Waals surface area contributed by atoms with Crippen LogP contribution in [0.3, 0.4) is 0 Å². The Balaban J connectivity index is 1.66. The first kappa shape index (κ1) is 21.1. The lowest BCUT2D eigenvalue weighted by atomic mass is 10.1. The van der Waals surface area contributed by atoms with Gasteiger partial charge in [0.1, 0.15) is 11.5 Å². The topological polar surface area (TPSA) is 69.5 Å². The molecule has 1 heterocycles. The van der Waals surface area contributed by atoms with Crippen LogP contribution in [0.25, 0.3) is 17.1 Å². The number of hydrogen-bond acceptors (Lipinski definition) is 5. The lowest BCUT2D eigenvalue weighted by Crippen LogP contribution is -2.27. The highest BCUT2D eigenvalue weighted by atomic mass is 16.5. The zero-order valence-electron chi connectivity index (χ0n) is 18.2. The van der Waals surface area contributed by atoms with Gasteiger partial charge in [0.15, 0.2) is 5.82 Å². The van der Waals surface area contributed by atoms with Crippen molar-refractivity contribution in [1.82, 2.24) is 19.7 Å². The van der Waals surface area contributed by atoms with Crippen LogP contribution in [0.1, 0.15) is 16.2 Å². The maximum atomic E-state index is 13.2. The minimum atomic E-state index is -0.283.